The molecule has 1 aromatic rings. The van der Waals surface area contributed by atoms with E-state index in [2.05, 4.69) is 45.2 Å². The summed E-state index contributed by atoms with van der Waals surface area (Å²) in [5.74, 6) is 0.963. The number of nitrogens with zero attached hydrogens (tertiary/aromatic N) is 2. The molecule has 0 radical (unpaired) electrons. The van der Waals surface area contributed by atoms with Crippen LogP contribution < -0.4 is 5.32 Å². The zero-order valence-corrected chi connectivity index (χ0v) is 11.8. The highest BCUT2D eigenvalue weighted by molar-refractivity contribution is 9.10. The fourth-order valence-electron chi connectivity index (χ4n) is 1.41. The average Bonchev–Trinajstić information content (AvgIpc) is 2.22. The molecule has 0 saturated heterocycles. The normalized spacial score (nSPS) is 10.8. The Labute approximate surface area is 106 Å². The van der Waals surface area contributed by atoms with Gasteiger partial charge in [0.15, 0.2) is 0 Å². The molecule has 0 aliphatic heterocycles. The van der Waals surface area contributed by atoms with Gasteiger partial charge in [0.1, 0.15) is 5.82 Å². The molecule has 1 rings (SSSR count). The number of unbranched alkanes of at least 4 members (excludes halogenated alkanes) is 1. The molecule has 0 atom stereocenters. The SMILES string of the molecule is Cc1nc(NCCCCN(C)C)ccc1Br. The minimum absolute atomic E-state index is 0.963. The zero-order chi connectivity index (χ0) is 12.0. The predicted octanol–water partition coefficient (Wildman–Crippen LogP) is 2.91. The number of hydrogen-bond donors (Lipinski definition) is 1. The van der Waals surface area contributed by atoms with Crippen LogP contribution in [0, 0.1) is 6.92 Å². The molecule has 90 valence electrons. The van der Waals surface area contributed by atoms with Gasteiger partial charge in [0, 0.05) is 11.0 Å². The van der Waals surface area contributed by atoms with Crippen LogP contribution in [0.1, 0.15) is 18.5 Å². The number of halogens is 1. The molecule has 0 unspecified atom stereocenters. The van der Waals surface area contributed by atoms with Gasteiger partial charge in [-0.1, -0.05) is 0 Å². The van der Waals surface area contributed by atoms with Crippen LogP contribution >= 0.6 is 15.9 Å². The van der Waals surface area contributed by atoms with Gasteiger partial charge in [-0.2, -0.15) is 0 Å². The Bertz CT molecular complexity index is 326. The van der Waals surface area contributed by atoms with E-state index in [1.54, 1.807) is 0 Å². The third-order valence-corrected chi connectivity index (χ3v) is 3.20. The average molecular weight is 286 g/mol. The second-order valence-electron chi connectivity index (χ2n) is 4.20. The van der Waals surface area contributed by atoms with Gasteiger partial charge in [0.05, 0.1) is 5.69 Å². The fourth-order valence-corrected chi connectivity index (χ4v) is 1.63. The highest BCUT2D eigenvalue weighted by Crippen LogP contribution is 2.16. The molecule has 0 saturated carbocycles. The number of anilines is 1. The molecule has 0 aliphatic carbocycles. The van der Waals surface area contributed by atoms with Crippen molar-refractivity contribution in [2.75, 3.05) is 32.5 Å². The Morgan fingerprint density at radius 3 is 2.69 bits per heavy atom. The van der Waals surface area contributed by atoms with Crippen molar-refractivity contribution in [2.45, 2.75) is 19.8 Å². The number of hydrogen-bond acceptors (Lipinski definition) is 3. The second-order valence-corrected chi connectivity index (χ2v) is 5.06. The minimum Gasteiger partial charge on any atom is -0.370 e. The summed E-state index contributed by atoms with van der Waals surface area (Å²) in [7, 11) is 4.21. The first-order valence-electron chi connectivity index (χ1n) is 5.61. The van der Waals surface area contributed by atoms with E-state index in [0.717, 1.165) is 29.1 Å². The van der Waals surface area contributed by atoms with E-state index in [1.807, 2.05) is 19.1 Å². The van der Waals surface area contributed by atoms with Crippen molar-refractivity contribution >= 4 is 21.7 Å². The van der Waals surface area contributed by atoms with Crippen molar-refractivity contribution < 1.29 is 0 Å². The smallest absolute Gasteiger partial charge is 0.126 e. The van der Waals surface area contributed by atoms with Crippen LogP contribution in [-0.2, 0) is 0 Å². The summed E-state index contributed by atoms with van der Waals surface area (Å²) < 4.78 is 1.06. The summed E-state index contributed by atoms with van der Waals surface area (Å²) in [6.07, 6.45) is 2.39. The van der Waals surface area contributed by atoms with Crippen molar-refractivity contribution in [1.29, 1.82) is 0 Å². The Hall–Kier alpha value is -0.610. The summed E-state index contributed by atoms with van der Waals surface area (Å²) in [6.45, 7) is 4.14. The second kappa shape index (κ2) is 6.86. The van der Waals surface area contributed by atoms with E-state index in [1.165, 1.54) is 12.8 Å². The van der Waals surface area contributed by atoms with E-state index >= 15 is 0 Å². The van der Waals surface area contributed by atoms with Gasteiger partial charge < -0.3 is 10.2 Å². The van der Waals surface area contributed by atoms with Crippen LogP contribution in [-0.4, -0.2) is 37.1 Å². The minimum atomic E-state index is 0.963. The van der Waals surface area contributed by atoms with E-state index in [0.29, 0.717) is 0 Å². The van der Waals surface area contributed by atoms with Crippen molar-refractivity contribution in [2.24, 2.45) is 0 Å². The number of pyridine rings is 1. The first kappa shape index (κ1) is 13.5. The Balaban J connectivity index is 2.24. The highest BCUT2D eigenvalue weighted by atomic mass is 79.9. The van der Waals surface area contributed by atoms with Crippen molar-refractivity contribution in [3.8, 4) is 0 Å². The molecule has 1 heterocycles. The maximum Gasteiger partial charge on any atom is 0.126 e. The van der Waals surface area contributed by atoms with Gasteiger partial charge in [0.2, 0.25) is 0 Å². The van der Waals surface area contributed by atoms with Crippen LogP contribution in [0.5, 0.6) is 0 Å². The van der Waals surface area contributed by atoms with Crippen molar-refractivity contribution in [3.05, 3.63) is 22.3 Å². The van der Waals surface area contributed by atoms with Gasteiger partial charge >= 0.3 is 0 Å². The van der Waals surface area contributed by atoms with Gasteiger partial charge in [0.25, 0.3) is 0 Å². The maximum atomic E-state index is 4.44. The molecule has 0 fully saturated rings. The standard InChI is InChI=1S/C12H20BrN3/c1-10-11(13)6-7-12(15-10)14-8-4-5-9-16(2)3/h6-7H,4-5,8-9H2,1-3H3,(H,14,15). The van der Waals surface area contributed by atoms with Crippen LogP contribution in [0.15, 0.2) is 16.6 Å². The van der Waals surface area contributed by atoms with E-state index < -0.39 is 0 Å². The lowest BCUT2D eigenvalue weighted by Gasteiger charge is -2.10. The number of rotatable bonds is 6. The van der Waals surface area contributed by atoms with Gasteiger partial charge in [-0.05, 0) is 68.5 Å². The lowest BCUT2D eigenvalue weighted by atomic mass is 10.3. The lowest BCUT2D eigenvalue weighted by Crippen LogP contribution is -2.14. The molecule has 3 nitrogen and oxygen atoms in total. The van der Waals surface area contributed by atoms with Crippen molar-refractivity contribution in [3.63, 3.8) is 0 Å². The molecule has 1 aromatic heterocycles. The summed E-state index contributed by atoms with van der Waals surface area (Å²) in [5.41, 5.74) is 1.03. The zero-order valence-electron chi connectivity index (χ0n) is 10.3. The number of aromatic nitrogens is 1. The largest absolute Gasteiger partial charge is 0.370 e. The number of nitrogens with one attached hydrogen (secondary N) is 1. The van der Waals surface area contributed by atoms with Crippen LogP contribution in [0.3, 0.4) is 0 Å². The molecule has 0 bridgehead atoms. The molecule has 0 spiro atoms. The molecule has 0 aliphatic rings. The van der Waals surface area contributed by atoms with Crippen molar-refractivity contribution in [1.82, 2.24) is 9.88 Å². The maximum absolute atomic E-state index is 4.44. The van der Waals surface area contributed by atoms with Crippen LogP contribution in [0.25, 0.3) is 0 Å². The van der Waals surface area contributed by atoms with Crippen LogP contribution in [0.4, 0.5) is 5.82 Å². The Morgan fingerprint density at radius 1 is 1.31 bits per heavy atom. The van der Waals surface area contributed by atoms with E-state index in [9.17, 15) is 0 Å². The van der Waals surface area contributed by atoms with E-state index in [4.69, 9.17) is 0 Å². The fraction of sp³-hybridized carbons (Fsp3) is 0.583. The molecule has 1 N–H and O–H groups in total. The van der Waals surface area contributed by atoms with E-state index in [-0.39, 0.29) is 0 Å². The summed E-state index contributed by atoms with van der Waals surface area (Å²) in [5, 5.41) is 3.34. The Morgan fingerprint density at radius 2 is 2.06 bits per heavy atom. The molecule has 0 aromatic carbocycles. The quantitative estimate of drug-likeness (QED) is 0.815. The third kappa shape index (κ3) is 4.94. The molecular formula is C12H20BrN3. The summed E-state index contributed by atoms with van der Waals surface area (Å²) >= 11 is 3.44. The molecule has 0 amide bonds. The summed E-state index contributed by atoms with van der Waals surface area (Å²) in [4.78, 5) is 6.65. The molecular weight excluding hydrogens is 266 g/mol. The monoisotopic (exact) mass is 285 g/mol. The highest BCUT2D eigenvalue weighted by Gasteiger charge is 1.98. The Kier molecular flexibility index (Phi) is 5.77. The van der Waals surface area contributed by atoms with Crippen LogP contribution in [0.2, 0.25) is 0 Å². The lowest BCUT2D eigenvalue weighted by molar-refractivity contribution is 0.396. The first-order valence-corrected chi connectivity index (χ1v) is 6.40. The first-order chi connectivity index (χ1) is 7.59. The molecule has 16 heavy (non-hydrogen) atoms. The summed E-state index contributed by atoms with van der Waals surface area (Å²) in [6, 6.07) is 4.04. The predicted molar refractivity (Wildman–Crippen MR) is 73.0 cm³/mol. The number of aryl methyl sites for hydroxylation is 1. The topological polar surface area (TPSA) is 28.2 Å². The van der Waals surface area contributed by atoms with Gasteiger partial charge in [-0.15, -0.1) is 0 Å². The van der Waals surface area contributed by atoms with Gasteiger partial charge in [-0.3, -0.25) is 0 Å². The molecule has 4 heteroatoms. The van der Waals surface area contributed by atoms with Gasteiger partial charge in [-0.25, -0.2) is 4.98 Å². The third-order valence-electron chi connectivity index (χ3n) is 2.36.